The van der Waals surface area contributed by atoms with Crippen LogP contribution in [-0.2, 0) is 14.9 Å². The lowest BCUT2D eigenvalue weighted by Gasteiger charge is -2.25. The lowest BCUT2D eigenvalue weighted by Crippen LogP contribution is -2.50. The normalized spacial score (nSPS) is 13.1. The average Bonchev–Trinajstić information content (AvgIpc) is 2.22. The molecule has 1 amide bonds. The number of rotatable bonds is 6. The molecule has 0 radical (unpaired) electrons. The van der Waals surface area contributed by atoms with Crippen LogP contribution in [0.25, 0.3) is 0 Å². The van der Waals surface area contributed by atoms with Gasteiger partial charge in [-0.15, -0.1) is 0 Å². The maximum absolute atomic E-state index is 11.9. The Labute approximate surface area is 112 Å². The summed E-state index contributed by atoms with van der Waals surface area (Å²) < 4.78 is 31.2. The van der Waals surface area contributed by atoms with Crippen molar-refractivity contribution in [2.75, 3.05) is 6.54 Å². The van der Waals surface area contributed by atoms with Crippen LogP contribution in [0.1, 0.15) is 27.7 Å². The van der Waals surface area contributed by atoms with Crippen LogP contribution in [0.5, 0.6) is 0 Å². The Balaban J connectivity index is 4.96. The summed E-state index contributed by atoms with van der Waals surface area (Å²) in [7, 11) is -4.13. The maximum Gasteiger partial charge on any atom is 0.422 e. The molecule has 0 heterocycles. The summed E-state index contributed by atoms with van der Waals surface area (Å²) in [5.74, 6) is -0.295. The van der Waals surface area contributed by atoms with Crippen molar-refractivity contribution in [2.24, 2.45) is 10.9 Å². The SMILES string of the molecule is CC(C)OC(=O)NS(=O)(=O)N(CC(N)=NO)C(C)C. The van der Waals surface area contributed by atoms with Gasteiger partial charge in [-0.3, -0.25) is 0 Å². The molecule has 9 nitrogen and oxygen atoms in total. The predicted octanol–water partition coefficient (Wildman–Crippen LogP) is -0.177. The van der Waals surface area contributed by atoms with Gasteiger partial charge in [0.15, 0.2) is 5.84 Å². The van der Waals surface area contributed by atoms with E-state index in [4.69, 9.17) is 10.9 Å². The molecule has 0 bridgehead atoms. The molecule has 19 heavy (non-hydrogen) atoms. The third kappa shape index (κ3) is 6.25. The van der Waals surface area contributed by atoms with Gasteiger partial charge < -0.3 is 15.7 Å². The largest absolute Gasteiger partial charge is 0.446 e. The summed E-state index contributed by atoms with van der Waals surface area (Å²) in [5, 5.41) is 11.2. The molecule has 0 aromatic heterocycles. The van der Waals surface area contributed by atoms with E-state index >= 15 is 0 Å². The monoisotopic (exact) mass is 296 g/mol. The van der Waals surface area contributed by atoms with Crippen molar-refractivity contribution in [3.63, 3.8) is 0 Å². The molecule has 112 valence electrons. The van der Waals surface area contributed by atoms with Gasteiger partial charge in [0.1, 0.15) is 0 Å². The first-order valence-electron chi connectivity index (χ1n) is 5.56. The molecular formula is C9H20N4O5S. The Morgan fingerprint density at radius 1 is 1.42 bits per heavy atom. The molecule has 0 aromatic rings. The van der Waals surface area contributed by atoms with Crippen molar-refractivity contribution >= 4 is 22.1 Å². The number of hydrogen-bond donors (Lipinski definition) is 3. The number of oxime groups is 1. The number of hydrogen-bond acceptors (Lipinski definition) is 6. The zero-order valence-corrected chi connectivity index (χ0v) is 12.1. The minimum absolute atomic E-state index is 0.295. The second-order valence-electron chi connectivity index (χ2n) is 4.29. The van der Waals surface area contributed by atoms with Gasteiger partial charge in [0.25, 0.3) is 0 Å². The van der Waals surface area contributed by atoms with Crippen LogP contribution in [-0.4, -0.2) is 48.5 Å². The van der Waals surface area contributed by atoms with Crippen molar-refractivity contribution in [1.82, 2.24) is 9.03 Å². The van der Waals surface area contributed by atoms with Gasteiger partial charge in [0.05, 0.1) is 12.6 Å². The molecule has 0 rings (SSSR count). The fraction of sp³-hybridized carbons (Fsp3) is 0.778. The fourth-order valence-corrected chi connectivity index (χ4v) is 2.37. The topological polar surface area (TPSA) is 134 Å². The molecule has 4 N–H and O–H groups in total. The zero-order valence-electron chi connectivity index (χ0n) is 11.3. The molecule has 0 fully saturated rings. The van der Waals surface area contributed by atoms with E-state index in [-0.39, 0.29) is 12.4 Å². The average molecular weight is 296 g/mol. The first-order valence-corrected chi connectivity index (χ1v) is 7.00. The van der Waals surface area contributed by atoms with Gasteiger partial charge in [-0.2, -0.15) is 12.7 Å². The van der Waals surface area contributed by atoms with Gasteiger partial charge in [-0.05, 0) is 27.7 Å². The third-order valence-corrected chi connectivity index (χ3v) is 3.48. The lowest BCUT2D eigenvalue weighted by atomic mass is 10.4. The highest BCUT2D eigenvalue weighted by Gasteiger charge is 2.28. The van der Waals surface area contributed by atoms with Crippen LogP contribution in [0, 0.1) is 0 Å². The predicted molar refractivity (Wildman–Crippen MR) is 68.9 cm³/mol. The number of ether oxygens (including phenoxy) is 1. The van der Waals surface area contributed by atoms with E-state index in [1.165, 1.54) is 0 Å². The van der Waals surface area contributed by atoms with E-state index in [1.54, 1.807) is 32.4 Å². The van der Waals surface area contributed by atoms with Gasteiger partial charge in [0.2, 0.25) is 0 Å². The first-order chi connectivity index (χ1) is 8.60. The second-order valence-corrected chi connectivity index (χ2v) is 5.91. The van der Waals surface area contributed by atoms with Gasteiger partial charge in [-0.1, -0.05) is 5.16 Å². The zero-order chi connectivity index (χ0) is 15.2. The minimum Gasteiger partial charge on any atom is -0.446 e. The summed E-state index contributed by atoms with van der Waals surface area (Å²) in [4.78, 5) is 11.3. The van der Waals surface area contributed by atoms with E-state index < -0.39 is 28.4 Å². The molecule has 0 aromatic carbocycles. The summed E-state index contributed by atoms with van der Waals surface area (Å²) in [6, 6.07) is -0.496. The van der Waals surface area contributed by atoms with Gasteiger partial charge >= 0.3 is 16.3 Å². The fourth-order valence-electron chi connectivity index (χ4n) is 1.14. The number of amides is 1. The molecule has 0 atom stereocenters. The van der Waals surface area contributed by atoms with Crippen molar-refractivity contribution in [3.05, 3.63) is 0 Å². The van der Waals surface area contributed by atoms with Gasteiger partial charge in [-0.25, -0.2) is 9.52 Å². The van der Waals surface area contributed by atoms with E-state index in [0.717, 1.165) is 4.31 Å². The Hall–Kier alpha value is -1.55. The molecule has 0 saturated heterocycles. The van der Waals surface area contributed by atoms with Crippen molar-refractivity contribution < 1.29 is 23.2 Å². The Morgan fingerprint density at radius 2 is 1.95 bits per heavy atom. The Morgan fingerprint density at radius 3 is 2.32 bits per heavy atom. The highest BCUT2D eigenvalue weighted by atomic mass is 32.2. The van der Waals surface area contributed by atoms with E-state index in [0.29, 0.717) is 0 Å². The number of carbonyl (C=O) groups is 1. The van der Waals surface area contributed by atoms with Crippen molar-refractivity contribution in [3.8, 4) is 0 Å². The Kier molecular flexibility index (Phi) is 6.56. The molecule has 0 aliphatic carbocycles. The number of nitrogens with one attached hydrogen (secondary N) is 1. The van der Waals surface area contributed by atoms with Crippen LogP contribution in [0.15, 0.2) is 5.16 Å². The quantitative estimate of drug-likeness (QED) is 0.269. The highest BCUT2D eigenvalue weighted by molar-refractivity contribution is 7.87. The number of amidine groups is 1. The Bertz CT molecular complexity index is 432. The summed E-state index contributed by atoms with van der Waals surface area (Å²) in [5.41, 5.74) is 5.27. The number of carbonyl (C=O) groups excluding carboxylic acids is 1. The number of nitrogens with zero attached hydrogens (tertiary/aromatic N) is 2. The molecule has 0 spiro atoms. The van der Waals surface area contributed by atoms with Gasteiger partial charge in [0, 0.05) is 6.04 Å². The summed E-state index contributed by atoms with van der Waals surface area (Å²) in [6.07, 6.45) is -1.54. The molecular weight excluding hydrogens is 276 g/mol. The standard InChI is InChI=1S/C9H20N4O5S/c1-6(2)13(5-8(10)11-15)19(16,17)12-9(14)18-7(3)4/h6-7,15H,5H2,1-4H3,(H2,10,11)(H,12,14). The molecule has 0 saturated carbocycles. The molecule has 0 aliphatic heterocycles. The van der Waals surface area contributed by atoms with E-state index in [9.17, 15) is 13.2 Å². The first kappa shape index (κ1) is 17.4. The minimum atomic E-state index is -4.13. The summed E-state index contributed by atoms with van der Waals surface area (Å²) in [6.45, 7) is 5.99. The molecule has 0 unspecified atom stereocenters. The third-order valence-electron chi connectivity index (χ3n) is 1.89. The van der Waals surface area contributed by atoms with E-state index in [2.05, 4.69) is 9.89 Å². The lowest BCUT2D eigenvalue weighted by molar-refractivity contribution is 0.121. The maximum atomic E-state index is 11.9. The van der Waals surface area contributed by atoms with Crippen LogP contribution in [0.4, 0.5) is 4.79 Å². The number of nitrogens with two attached hydrogens (primary N) is 1. The van der Waals surface area contributed by atoms with Crippen LogP contribution in [0.3, 0.4) is 0 Å². The van der Waals surface area contributed by atoms with Crippen LogP contribution >= 0.6 is 0 Å². The van der Waals surface area contributed by atoms with Crippen molar-refractivity contribution in [1.29, 1.82) is 0 Å². The van der Waals surface area contributed by atoms with Crippen LogP contribution in [0.2, 0.25) is 0 Å². The molecule has 10 heteroatoms. The highest BCUT2D eigenvalue weighted by Crippen LogP contribution is 2.05. The van der Waals surface area contributed by atoms with E-state index in [1.807, 2.05) is 0 Å². The second kappa shape index (κ2) is 7.14. The smallest absolute Gasteiger partial charge is 0.422 e. The van der Waals surface area contributed by atoms with Crippen LogP contribution < -0.4 is 10.5 Å². The summed E-state index contributed by atoms with van der Waals surface area (Å²) >= 11 is 0. The molecule has 0 aliphatic rings. The van der Waals surface area contributed by atoms with Crippen molar-refractivity contribution in [2.45, 2.75) is 39.8 Å².